The van der Waals surface area contributed by atoms with Crippen molar-refractivity contribution in [1.29, 1.82) is 0 Å². The zero-order valence-electron chi connectivity index (χ0n) is 12.9. The van der Waals surface area contributed by atoms with Crippen molar-refractivity contribution in [1.82, 2.24) is 0 Å². The average molecular weight is 250 g/mol. The summed E-state index contributed by atoms with van der Waals surface area (Å²) < 4.78 is 0. The first kappa shape index (κ1) is 15.8. The van der Waals surface area contributed by atoms with Crippen LogP contribution in [0.3, 0.4) is 0 Å². The van der Waals surface area contributed by atoms with Gasteiger partial charge in [0.1, 0.15) is 0 Å². The predicted molar refractivity (Wildman–Crippen MR) is 83.0 cm³/mol. The van der Waals surface area contributed by atoms with Gasteiger partial charge in [-0.3, -0.25) is 0 Å². The van der Waals surface area contributed by atoms with Crippen molar-refractivity contribution in [2.45, 2.75) is 104 Å². The summed E-state index contributed by atoms with van der Waals surface area (Å²) in [5.41, 5.74) is 3.60. The van der Waals surface area contributed by atoms with Gasteiger partial charge < -0.3 is 0 Å². The molecule has 106 valence electrons. The molecular formula is C18H34. The highest BCUT2D eigenvalue weighted by molar-refractivity contribution is 5.13. The molecule has 1 aliphatic carbocycles. The molecule has 0 aromatic heterocycles. The third-order valence-electron chi connectivity index (χ3n) is 4.56. The van der Waals surface area contributed by atoms with Crippen LogP contribution in [0.25, 0.3) is 0 Å². The maximum atomic E-state index is 2.36. The van der Waals surface area contributed by atoms with Crippen molar-refractivity contribution in [2.24, 2.45) is 0 Å². The Bertz CT molecular complexity index is 200. The SMILES string of the molecule is CC/C1=C(\CC)CCCCCCCCCCCC1. The van der Waals surface area contributed by atoms with Crippen molar-refractivity contribution < 1.29 is 0 Å². The van der Waals surface area contributed by atoms with Gasteiger partial charge in [-0.1, -0.05) is 76.4 Å². The van der Waals surface area contributed by atoms with Gasteiger partial charge in [0.25, 0.3) is 0 Å². The summed E-state index contributed by atoms with van der Waals surface area (Å²) in [4.78, 5) is 0. The number of allylic oxidation sites excluding steroid dienone is 2. The first-order chi connectivity index (χ1) is 8.88. The van der Waals surface area contributed by atoms with E-state index in [1.807, 2.05) is 0 Å². The van der Waals surface area contributed by atoms with Crippen molar-refractivity contribution >= 4 is 0 Å². The molecule has 1 aliphatic rings. The third-order valence-corrected chi connectivity index (χ3v) is 4.56. The molecule has 0 radical (unpaired) electrons. The van der Waals surface area contributed by atoms with Gasteiger partial charge in [0, 0.05) is 0 Å². The van der Waals surface area contributed by atoms with Gasteiger partial charge in [-0.2, -0.15) is 0 Å². The molecule has 0 bridgehead atoms. The van der Waals surface area contributed by atoms with Crippen LogP contribution in [0.15, 0.2) is 11.1 Å². The monoisotopic (exact) mass is 250 g/mol. The van der Waals surface area contributed by atoms with Gasteiger partial charge in [0.15, 0.2) is 0 Å². The zero-order valence-corrected chi connectivity index (χ0v) is 12.9. The molecule has 0 fully saturated rings. The van der Waals surface area contributed by atoms with E-state index in [2.05, 4.69) is 13.8 Å². The Kier molecular flexibility index (Phi) is 9.34. The first-order valence-electron chi connectivity index (χ1n) is 8.58. The summed E-state index contributed by atoms with van der Waals surface area (Å²) in [6, 6.07) is 0. The Labute approximate surface area is 115 Å². The van der Waals surface area contributed by atoms with E-state index in [1.165, 1.54) is 89.9 Å². The fraction of sp³-hybridized carbons (Fsp3) is 0.889. The molecule has 1 rings (SSSR count). The maximum absolute atomic E-state index is 2.36. The van der Waals surface area contributed by atoms with Crippen LogP contribution in [0, 0.1) is 0 Å². The van der Waals surface area contributed by atoms with Crippen LogP contribution in [0.2, 0.25) is 0 Å². The second-order valence-electron chi connectivity index (χ2n) is 5.95. The van der Waals surface area contributed by atoms with Crippen molar-refractivity contribution in [3.05, 3.63) is 11.1 Å². The van der Waals surface area contributed by atoms with Crippen molar-refractivity contribution in [3.8, 4) is 0 Å². The molecule has 0 saturated carbocycles. The smallest absolute Gasteiger partial charge is 0.0318 e. The quantitative estimate of drug-likeness (QED) is 0.473. The van der Waals surface area contributed by atoms with Gasteiger partial charge in [-0.15, -0.1) is 0 Å². The van der Waals surface area contributed by atoms with Crippen LogP contribution in [-0.2, 0) is 0 Å². The van der Waals surface area contributed by atoms with Crippen molar-refractivity contribution in [2.75, 3.05) is 0 Å². The Balaban J connectivity index is 2.49. The summed E-state index contributed by atoms with van der Waals surface area (Å²) >= 11 is 0. The molecule has 0 aromatic rings. The van der Waals surface area contributed by atoms with Crippen LogP contribution < -0.4 is 0 Å². The van der Waals surface area contributed by atoms with Gasteiger partial charge in [-0.25, -0.2) is 0 Å². The molecule has 0 N–H and O–H groups in total. The molecule has 0 heterocycles. The lowest BCUT2D eigenvalue weighted by atomic mass is 9.93. The number of rotatable bonds is 2. The summed E-state index contributed by atoms with van der Waals surface area (Å²) in [5.74, 6) is 0. The molecule has 0 aromatic carbocycles. The lowest BCUT2D eigenvalue weighted by Crippen LogP contribution is -1.94. The normalized spacial score (nSPS) is 25.7. The zero-order chi connectivity index (χ0) is 13.1. The number of hydrogen-bond acceptors (Lipinski definition) is 0. The third kappa shape index (κ3) is 6.61. The standard InChI is InChI=1S/C18H34/c1-3-17-15-13-11-9-7-5-6-8-10-12-14-16-18(17)4-2/h3-16H2,1-2H3/b18-17-. The van der Waals surface area contributed by atoms with Crippen LogP contribution in [0.1, 0.15) is 104 Å². The minimum atomic E-state index is 1.29. The van der Waals surface area contributed by atoms with Gasteiger partial charge in [0.2, 0.25) is 0 Å². The van der Waals surface area contributed by atoms with Crippen LogP contribution in [0.4, 0.5) is 0 Å². The minimum absolute atomic E-state index is 1.29. The van der Waals surface area contributed by atoms with E-state index >= 15 is 0 Å². The number of hydrogen-bond donors (Lipinski definition) is 0. The lowest BCUT2D eigenvalue weighted by Gasteiger charge is -2.14. The Hall–Kier alpha value is -0.260. The lowest BCUT2D eigenvalue weighted by molar-refractivity contribution is 0.541. The predicted octanol–water partition coefficient (Wildman–Crippen LogP) is 6.80. The molecule has 0 nitrogen and oxygen atoms in total. The molecule has 0 saturated heterocycles. The van der Waals surface area contributed by atoms with Crippen LogP contribution in [-0.4, -0.2) is 0 Å². The highest BCUT2D eigenvalue weighted by atomic mass is 14.1. The largest absolute Gasteiger partial charge is 0.0713 e. The molecule has 18 heavy (non-hydrogen) atoms. The van der Waals surface area contributed by atoms with Crippen LogP contribution in [0.5, 0.6) is 0 Å². The molecule has 0 atom stereocenters. The Morgan fingerprint density at radius 1 is 0.500 bits per heavy atom. The van der Waals surface area contributed by atoms with Crippen molar-refractivity contribution in [3.63, 3.8) is 0 Å². The Morgan fingerprint density at radius 3 is 1.06 bits per heavy atom. The summed E-state index contributed by atoms with van der Waals surface area (Å²) in [5, 5.41) is 0. The van der Waals surface area contributed by atoms with Gasteiger partial charge in [0.05, 0.1) is 0 Å². The molecule has 0 aliphatic heterocycles. The average Bonchev–Trinajstić information content (AvgIpc) is 2.40. The minimum Gasteiger partial charge on any atom is -0.0713 e. The topological polar surface area (TPSA) is 0 Å². The van der Waals surface area contributed by atoms with E-state index in [0.717, 1.165) is 0 Å². The molecule has 0 heteroatoms. The Morgan fingerprint density at radius 2 is 0.778 bits per heavy atom. The second kappa shape index (κ2) is 10.6. The first-order valence-corrected chi connectivity index (χ1v) is 8.58. The van der Waals surface area contributed by atoms with E-state index < -0.39 is 0 Å². The molecule has 0 unspecified atom stereocenters. The highest BCUT2D eigenvalue weighted by Gasteiger charge is 2.05. The van der Waals surface area contributed by atoms with E-state index in [4.69, 9.17) is 0 Å². The molecular weight excluding hydrogens is 216 g/mol. The van der Waals surface area contributed by atoms with Gasteiger partial charge >= 0.3 is 0 Å². The maximum Gasteiger partial charge on any atom is -0.0318 e. The van der Waals surface area contributed by atoms with Gasteiger partial charge in [-0.05, 0) is 38.5 Å². The fourth-order valence-corrected chi connectivity index (χ4v) is 3.30. The van der Waals surface area contributed by atoms with E-state index in [1.54, 1.807) is 11.1 Å². The second-order valence-corrected chi connectivity index (χ2v) is 5.95. The summed E-state index contributed by atoms with van der Waals surface area (Å²) in [7, 11) is 0. The molecule has 0 spiro atoms. The van der Waals surface area contributed by atoms with E-state index in [0.29, 0.717) is 0 Å². The summed E-state index contributed by atoms with van der Waals surface area (Å²) in [6.07, 6.45) is 20.0. The summed E-state index contributed by atoms with van der Waals surface area (Å²) in [6.45, 7) is 4.71. The molecule has 0 amide bonds. The van der Waals surface area contributed by atoms with E-state index in [-0.39, 0.29) is 0 Å². The highest BCUT2D eigenvalue weighted by Crippen LogP contribution is 2.25. The van der Waals surface area contributed by atoms with Crippen LogP contribution >= 0.6 is 0 Å². The van der Waals surface area contributed by atoms with E-state index in [9.17, 15) is 0 Å². The fourth-order valence-electron chi connectivity index (χ4n) is 3.30.